The van der Waals surface area contributed by atoms with Crippen molar-refractivity contribution in [1.29, 1.82) is 0 Å². The van der Waals surface area contributed by atoms with E-state index in [1.54, 1.807) is 6.33 Å². The molecule has 0 bridgehead atoms. The predicted octanol–water partition coefficient (Wildman–Crippen LogP) is 4.99. The van der Waals surface area contributed by atoms with E-state index in [-0.39, 0.29) is 0 Å². The number of aromatic amines is 1. The molecule has 0 aliphatic carbocycles. The number of aryl methyl sites for hydroxylation is 1. The quantitative estimate of drug-likeness (QED) is 0.658. The number of H-pyrrole nitrogens is 1. The van der Waals surface area contributed by atoms with Gasteiger partial charge in [0.1, 0.15) is 7.85 Å². The second-order valence-corrected chi connectivity index (χ2v) is 5.91. The highest BCUT2D eigenvalue weighted by molar-refractivity contribution is 6.35. The first-order valence-corrected chi connectivity index (χ1v) is 8.56. The molecule has 122 valence electrons. The summed E-state index contributed by atoms with van der Waals surface area (Å²) in [6.07, 6.45) is 4.57. The van der Waals surface area contributed by atoms with E-state index < -0.39 is 0 Å². The number of hydrogen-bond donors (Lipinski definition) is 1. The van der Waals surface area contributed by atoms with Gasteiger partial charge >= 0.3 is 0 Å². The normalized spacial score (nSPS) is 9.79. The number of halogens is 2. The van der Waals surface area contributed by atoms with Crippen molar-refractivity contribution in [1.82, 2.24) is 9.97 Å². The molecule has 1 aromatic heterocycles. The van der Waals surface area contributed by atoms with Crippen molar-refractivity contribution in [3.63, 3.8) is 0 Å². The van der Waals surface area contributed by atoms with Gasteiger partial charge in [-0.15, -0.1) is 5.98 Å². The Kier molecular flexibility index (Phi) is 7.17. The third-order valence-electron chi connectivity index (χ3n) is 3.55. The maximum absolute atomic E-state index is 6.22. The molecule has 0 spiro atoms. The summed E-state index contributed by atoms with van der Waals surface area (Å²) in [6, 6.07) is 15.6. The van der Waals surface area contributed by atoms with Gasteiger partial charge in [0.25, 0.3) is 0 Å². The Hall–Kier alpha value is -1.97. The average Bonchev–Trinajstić information content (AvgIpc) is 3.13. The van der Waals surface area contributed by atoms with Crippen LogP contribution in [0, 0.1) is 0 Å². The second kappa shape index (κ2) is 9.36. The number of nitrogens with one attached hydrogen (secondary N) is 1. The molecule has 24 heavy (non-hydrogen) atoms. The minimum absolute atomic E-state index is 0.737. The minimum Gasteiger partial charge on any atom is -0.349 e. The van der Waals surface area contributed by atoms with Crippen LogP contribution >= 0.6 is 23.2 Å². The molecule has 0 fully saturated rings. The zero-order valence-corrected chi connectivity index (χ0v) is 15.3. The smallest absolute Gasteiger partial charge is 0.130 e. The van der Waals surface area contributed by atoms with Gasteiger partial charge in [-0.05, 0) is 35.3 Å². The fourth-order valence-corrected chi connectivity index (χ4v) is 2.77. The standard InChI is InChI=1S/C14H11BCl2.C5H8N2/c15-9-12(10-5-1-3-7-13(10)16)11-6-2-4-8-14(11)17;1-2-5-3-6-4-7-5/h1-9H,15H2;3-4H,2H2,1H3,(H,6,7). The Labute approximate surface area is 154 Å². The van der Waals surface area contributed by atoms with Gasteiger partial charge in [0, 0.05) is 21.9 Å². The van der Waals surface area contributed by atoms with Gasteiger partial charge in [-0.3, -0.25) is 0 Å². The van der Waals surface area contributed by atoms with E-state index in [0.29, 0.717) is 0 Å². The molecular weight excluding hydrogens is 338 g/mol. The highest BCUT2D eigenvalue weighted by atomic mass is 35.5. The molecule has 0 atom stereocenters. The van der Waals surface area contributed by atoms with Crippen molar-refractivity contribution >= 4 is 36.6 Å². The number of hydrogen-bond acceptors (Lipinski definition) is 1. The van der Waals surface area contributed by atoms with Crippen LogP contribution in [0.1, 0.15) is 23.7 Å². The molecule has 0 unspecified atom stereocenters. The van der Waals surface area contributed by atoms with Gasteiger partial charge < -0.3 is 4.98 Å². The van der Waals surface area contributed by atoms with Gasteiger partial charge in [-0.25, -0.2) is 4.98 Å². The van der Waals surface area contributed by atoms with E-state index in [1.807, 2.05) is 68.5 Å². The molecule has 0 saturated heterocycles. The summed E-state index contributed by atoms with van der Waals surface area (Å²) in [6.45, 7) is 2.09. The molecule has 1 N–H and O–H groups in total. The molecule has 3 aromatic rings. The maximum Gasteiger partial charge on any atom is 0.130 e. The SMILES string of the molecule is BC=C(c1ccccc1Cl)c1ccccc1Cl.CCc1cnc[nH]1. The maximum atomic E-state index is 6.22. The first kappa shape index (κ1) is 18.4. The summed E-state index contributed by atoms with van der Waals surface area (Å²) >= 11 is 12.4. The monoisotopic (exact) mass is 356 g/mol. The molecule has 3 rings (SSSR count). The summed E-state index contributed by atoms with van der Waals surface area (Å²) in [5, 5.41) is 1.47. The van der Waals surface area contributed by atoms with Gasteiger partial charge in [0.05, 0.1) is 6.33 Å². The van der Waals surface area contributed by atoms with E-state index in [4.69, 9.17) is 23.2 Å². The highest BCUT2D eigenvalue weighted by Crippen LogP contribution is 2.32. The zero-order chi connectivity index (χ0) is 17.4. The first-order valence-electron chi connectivity index (χ1n) is 7.80. The molecule has 0 amide bonds. The molecule has 1 heterocycles. The largest absolute Gasteiger partial charge is 0.349 e. The minimum atomic E-state index is 0.737. The Bertz CT molecular complexity index is 751. The van der Waals surface area contributed by atoms with E-state index in [2.05, 4.69) is 16.9 Å². The number of rotatable bonds is 3. The van der Waals surface area contributed by atoms with Crippen molar-refractivity contribution < 1.29 is 0 Å². The fraction of sp³-hybridized carbons (Fsp3) is 0.105. The van der Waals surface area contributed by atoms with Crippen molar-refractivity contribution in [2.75, 3.05) is 0 Å². The number of imidazole rings is 1. The third kappa shape index (κ3) is 4.76. The van der Waals surface area contributed by atoms with Crippen molar-refractivity contribution in [3.8, 4) is 0 Å². The number of nitrogens with zero attached hydrogens (tertiary/aromatic N) is 1. The molecule has 5 heteroatoms. The molecule has 0 aliphatic rings. The van der Waals surface area contributed by atoms with Crippen LogP contribution in [-0.4, -0.2) is 17.8 Å². The van der Waals surface area contributed by atoms with Crippen LogP contribution in [0.5, 0.6) is 0 Å². The first-order chi connectivity index (χ1) is 11.7. The Balaban J connectivity index is 0.000000249. The van der Waals surface area contributed by atoms with Crippen LogP contribution in [0.15, 0.2) is 67.0 Å². The van der Waals surface area contributed by atoms with Crippen molar-refractivity contribution in [2.24, 2.45) is 0 Å². The van der Waals surface area contributed by atoms with Gasteiger partial charge in [-0.2, -0.15) is 0 Å². The Morgan fingerprint density at radius 1 is 1.04 bits per heavy atom. The van der Waals surface area contributed by atoms with Crippen LogP contribution in [0.2, 0.25) is 10.0 Å². The Morgan fingerprint density at radius 3 is 1.92 bits per heavy atom. The number of benzene rings is 2. The molecule has 0 saturated carbocycles. The van der Waals surface area contributed by atoms with Gasteiger partial charge in [0.2, 0.25) is 0 Å². The fourth-order valence-electron chi connectivity index (χ4n) is 2.29. The van der Waals surface area contributed by atoms with Gasteiger partial charge in [-0.1, -0.05) is 66.5 Å². The van der Waals surface area contributed by atoms with E-state index >= 15 is 0 Å². The number of aromatic nitrogens is 2. The van der Waals surface area contributed by atoms with Crippen molar-refractivity contribution in [2.45, 2.75) is 13.3 Å². The van der Waals surface area contributed by atoms with Crippen LogP contribution in [-0.2, 0) is 6.42 Å². The van der Waals surface area contributed by atoms with Crippen molar-refractivity contribution in [3.05, 3.63) is 93.9 Å². The Morgan fingerprint density at radius 2 is 1.58 bits per heavy atom. The lowest BCUT2D eigenvalue weighted by atomic mass is 9.92. The second-order valence-electron chi connectivity index (χ2n) is 5.09. The summed E-state index contributed by atoms with van der Waals surface area (Å²) in [5.74, 6) is 2.03. The third-order valence-corrected chi connectivity index (χ3v) is 4.21. The van der Waals surface area contributed by atoms with Crippen LogP contribution in [0.4, 0.5) is 0 Å². The lowest BCUT2D eigenvalue weighted by Crippen LogP contribution is -1.90. The average molecular weight is 357 g/mol. The van der Waals surface area contributed by atoms with Gasteiger partial charge in [0.15, 0.2) is 0 Å². The molecule has 2 aromatic carbocycles. The summed E-state index contributed by atoms with van der Waals surface area (Å²) in [7, 11) is 1.99. The molecule has 2 nitrogen and oxygen atoms in total. The van der Waals surface area contributed by atoms with Crippen LogP contribution in [0.3, 0.4) is 0 Å². The predicted molar refractivity (Wildman–Crippen MR) is 106 cm³/mol. The lowest BCUT2D eigenvalue weighted by Gasteiger charge is -2.11. The summed E-state index contributed by atoms with van der Waals surface area (Å²) < 4.78 is 0. The summed E-state index contributed by atoms with van der Waals surface area (Å²) in [4.78, 5) is 6.81. The van der Waals surface area contributed by atoms with E-state index in [9.17, 15) is 0 Å². The van der Waals surface area contributed by atoms with E-state index in [1.165, 1.54) is 5.69 Å². The van der Waals surface area contributed by atoms with Crippen LogP contribution in [0.25, 0.3) is 5.57 Å². The highest BCUT2D eigenvalue weighted by Gasteiger charge is 2.09. The zero-order valence-electron chi connectivity index (χ0n) is 13.8. The topological polar surface area (TPSA) is 28.7 Å². The lowest BCUT2D eigenvalue weighted by molar-refractivity contribution is 1.06. The molecule has 0 aliphatic heterocycles. The molecule has 0 radical (unpaired) electrons. The summed E-state index contributed by atoms with van der Waals surface area (Å²) in [5.41, 5.74) is 4.26. The molecular formula is C19H19BCl2N2. The van der Waals surface area contributed by atoms with Crippen LogP contribution < -0.4 is 0 Å². The van der Waals surface area contributed by atoms with E-state index in [0.717, 1.165) is 33.2 Å².